The van der Waals surface area contributed by atoms with Crippen LogP contribution in [0.1, 0.15) is 0 Å². The van der Waals surface area contributed by atoms with Crippen LogP contribution >= 0.6 is 0 Å². The Morgan fingerprint density at radius 3 is 2.66 bits per heavy atom. The van der Waals surface area contributed by atoms with Crippen LogP contribution in [0.15, 0.2) is 85.6 Å². The highest BCUT2D eigenvalue weighted by Gasteiger charge is 2.10. The summed E-state index contributed by atoms with van der Waals surface area (Å²) in [5, 5.41) is 2.32. The lowest BCUT2D eigenvalue weighted by atomic mass is 10.1. The van der Waals surface area contributed by atoms with E-state index >= 15 is 0 Å². The third kappa shape index (κ3) is 2.51. The van der Waals surface area contributed by atoms with Crippen molar-refractivity contribution in [2.24, 2.45) is 7.05 Å². The summed E-state index contributed by atoms with van der Waals surface area (Å²) >= 11 is 0. The van der Waals surface area contributed by atoms with Crippen LogP contribution in [0.25, 0.3) is 50.0 Å². The summed E-state index contributed by atoms with van der Waals surface area (Å²) in [5.41, 5.74) is 7.18. The van der Waals surface area contributed by atoms with Crippen LogP contribution < -0.4 is 0 Å². The topological polar surface area (TPSA) is 48.0 Å². The SMILES string of the molecule is Cn1ccc2cc(-c3cn4c(-c5ccc6ncccc6c5)cnc4cn3)ccc21. The van der Waals surface area contributed by atoms with E-state index in [0.29, 0.717) is 0 Å². The van der Waals surface area contributed by atoms with E-state index in [-0.39, 0.29) is 0 Å². The fourth-order valence-corrected chi connectivity index (χ4v) is 3.93. The van der Waals surface area contributed by atoms with Crippen LogP contribution in [-0.2, 0) is 7.05 Å². The molecule has 138 valence electrons. The second-order valence-corrected chi connectivity index (χ2v) is 7.26. The van der Waals surface area contributed by atoms with E-state index < -0.39 is 0 Å². The molecule has 0 aliphatic rings. The molecule has 5 nitrogen and oxygen atoms in total. The molecule has 4 heterocycles. The van der Waals surface area contributed by atoms with E-state index in [1.54, 1.807) is 0 Å². The van der Waals surface area contributed by atoms with Crippen molar-refractivity contribution in [3.8, 4) is 22.5 Å². The van der Waals surface area contributed by atoms with Gasteiger partial charge >= 0.3 is 0 Å². The van der Waals surface area contributed by atoms with Gasteiger partial charge in [0.15, 0.2) is 5.65 Å². The molecule has 0 fully saturated rings. The summed E-state index contributed by atoms with van der Waals surface area (Å²) in [5.74, 6) is 0. The van der Waals surface area contributed by atoms with Gasteiger partial charge in [-0.1, -0.05) is 18.2 Å². The van der Waals surface area contributed by atoms with E-state index in [1.807, 2.05) is 24.7 Å². The molecule has 0 N–H and O–H groups in total. The molecule has 0 amide bonds. The lowest BCUT2D eigenvalue weighted by Gasteiger charge is -2.07. The van der Waals surface area contributed by atoms with Gasteiger partial charge in [0.05, 0.1) is 29.3 Å². The maximum atomic E-state index is 4.65. The first-order valence-corrected chi connectivity index (χ1v) is 9.50. The molecule has 0 saturated heterocycles. The first-order valence-electron chi connectivity index (χ1n) is 9.50. The number of fused-ring (bicyclic) bond motifs is 3. The lowest BCUT2D eigenvalue weighted by molar-refractivity contribution is 0.969. The number of aryl methyl sites for hydroxylation is 1. The van der Waals surface area contributed by atoms with Crippen molar-refractivity contribution in [1.29, 1.82) is 0 Å². The highest BCUT2D eigenvalue weighted by atomic mass is 15.0. The average Bonchev–Trinajstić information content (AvgIpc) is 3.36. The van der Waals surface area contributed by atoms with Gasteiger partial charge < -0.3 is 4.57 Å². The van der Waals surface area contributed by atoms with Crippen LogP contribution in [-0.4, -0.2) is 23.9 Å². The van der Waals surface area contributed by atoms with Crippen LogP contribution in [0.2, 0.25) is 0 Å². The zero-order chi connectivity index (χ0) is 19.4. The number of pyridine rings is 1. The number of imidazole rings is 1. The van der Waals surface area contributed by atoms with Gasteiger partial charge in [0.25, 0.3) is 0 Å². The Hall–Kier alpha value is -3.99. The van der Waals surface area contributed by atoms with Crippen molar-refractivity contribution in [3.05, 3.63) is 85.6 Å². The predicted molar refractivity (Wildman–Crippen MR) is 116 cm³/mol. The molecule has 0 saturated carbocycles. The Balaban J connectivity index is 1.51. The summed E-state index contributed by atoms with van der Waals surface area (Å²) in [6.45, 7) is 0. The molecule has 4 aromatic heterocycles. The third-order valence-corrected chi connectivity index (χ3v) is 5.48. The van der Waals surface area contributed by atoms with Crippen molar-refractivity contribution < 1.29 is 0 Å². The smallest absolute Gasteiger partial charge is 0.155 e. The first-order chi connectivity index (χ1) is 14.3. The quantitative estimate of drug-likeness (QED) is 0.423. The van der Waals surface area contributed by atoms with E-state index in [4.69, 9.17) is 0 Å². The summed E-state index contributed by atoms with van der Waals surface area (Å²) < 4.78 is 4.23. The molecule has 6 rings (SSSR count). The zero-order valence-corrected chi connectivity index (χ0v) is 15.8. The molecule has 6 aromatic rings. The van der Waals surface area contributed by atoms with Gasteiger partial charge in [0, 0.05) is 53.1 Å². The van der Waals surface area contributed by atoms with Gasteiger partial charge in [-0.05, 0) is 36.4 Å². The molecule has 0 aliphatic heterocycles. The van der Waals surface area contributed by atoms with Crippen molar-refractivity contribution in [3.63, 3.8) is 0 Å². The average molecular weight is 375 g/mol. The van der Waals surface area contributed by atoms with E-state index in [0.717, 1.165) is 39.1 Å². The Morgan fingerprint density at radius 1 is 0.793 bits per heavy atom. The summed E-state index contributed by atoms with van der Waals surface area (Å²) in [6.07, 6.45) is 9.69. The Morgan fingerprint density at radius 2 is 1.69 bits per heavy atom. The van der Waals surface area contributed by atoms with E-state index in [2.05, 4.69) is 91.9 Å². The summed E-state index contributed by atoms with van der Waals surface area (Å²) in [4.78, 5) is 13.6. The molecule has 0 spiro atoms. The van der Waals surface area contributed by atoms with Crippen molar-refractivity contribution in [2.45, 2.75) is 0 Å². The van der Waals surface area contributed by atoms with Crippen molar-refractivity contribution in [1.82, 2.24) is 23.9 Å². The maximum Gasteiger partial charge on any atom is 0.155 e. The van der Waals surface area contributed by atoms with Gasteiger partial charge in [-0.3, -0.25) is 14.4 Å². The van der Waals surface area contributed by atoms with Gasteiger partial charge in [0.2, 0.25) is 0 Å². The van der Waals surface area contributed by atoms with Crippen LogP contribution in [0.4, 0.5) is 0 Å². The number of hydrogen-bond donors (Lipinski definition) is 0. The Labute approximate surface area is 166 Å². The normalized spacial score (nSPS) is 11.6. The van der Waals surface area contributed by atoms with Crippen LogP contribution in [0, 0.1) is 0 Å². The van der Waals surface area contributed by atoms with Gasteiger partial charge in [-0.25, -0.2) is 4.98 Å². The van der Waals surface area contributed by atoms with Gasteiger partial charge in [-0.2, -0.15) is 0 Å². The van der Waals surface area contributed by atoms with E-state index in [1.165, 1.54) is 10.9 Å². The highest BCUT2D eigenvalue weighted by Crippen LogP contribution is 2.27. The Bertz CT molecular complexity index is 1520. The molecule has 0 bridgehead atoms. The summed E-state index contributed by atoms with van der Waals surface area (Å²) in [7, 11) is 2.06. The largest absolute Gasteiger partial charge is 0.351 e. The number of nitrogens with zero attached hydrogens (tertiary/aromatic N) is 5. The number of benzene rings is 2. The van der Waals surface area contributed by atoms with Gasteiger partial charge in [0.1, 0.15) is 0 Å². The minimum Gasteiger partial charge on any atom is -0.351 e. The van der Waals surface area contributed by atoms with Crippen LogP contribution in [0.3, 0.4) is 0 Å². The lowest BCUT2D eigenvalue weighted by Crippen LogP contribution is -1.93. The molecule has 2 aromatic carbocycles. The molecular formula is C24H17N5. The van der Waals surface area contributed by atoms with E-state index in [9.17, 15) is 0 Å². The fraction of sp³-hybridized carbons (Fsp3) is 0.0417. The molecule has 29 heavy (non-hydrogen) atoms. The number of rotatable bonds is 2. The van der Waals surface area contributed by atoms with Crippen molar-refractivity contribution in [2.75, 3.05) is 0 Å². The number of aromatic nitrogens is 5. The third-order valence-electron chi connectivity index (χ3n) is 5.48. The van der Waals surface area contributed by atoms with Crippen LogP contribution in [0.5, 0.6) is 0 Å². The summed E-state index contributed by atoms with van der Waals surface area (Å²) in [6, 6.07) is 18.9. The molecule has 0 aliphatic carbocycles. The van der Waals surface area contributed by atoms with Crippen molar-refractivity contribution >= 4 is 27.5 Å². The minimum absolute atomic E-state index is 0.829. The fourth-order valence-electron chi connectivity index (χ4n) is 3.93. The Kier molecular flexibility index (Phi) is 3.32. The number of hydrogen-bond acceptors (Lipinski definition) is 3. The first kappa shape index (κ1) is 16.0. The zero-order valence-electron chi connectivity index (χ0n) is 15.8. The molecule has 0 radical (unpaired) electrons. The monoisotopic (exact) mass is 375 g/mol. The molecular weight excluding hydrogens is 358 g/mol. The second kappa shape index (κ2) is 6.01. The molecule has 0 unspecified atom stereocenters. The highest BCUT2D eigenvalue weighted by molar-refractivity contribution is 5.86. The standard InChI is InChI=1S/C24H17N5/c1-28-10-8-19-12-17(5-7-22(19)28)21-15-29-23(13-27-24(29)14-26-21)18-4-6-20-16(11-18)3-2-9-25-20/h2-15H,1H3. The maximum absolute atomic E-state index is 4.65. The second-order valence-electron chi connectivity index (χ2n) is 7.26. The molecule has 0 atom stereocenters. The van der Waals surface area contributed by atoms with Gasteiger partial charge in [-0.15, -0.1) is 0 Å². The molecule has 5 heteroatoms. The predicted octanol–water partition coefficient (Wildman–Crippen LogP) is 5.10. The minimum atomic E-state index is 0.829.